The number of guanidine groups is 1. The standard InChI is InChI=1S/C21H26F3N5O/c1-2-25-21(27-12-15-5-3-6-17(11-15)30-14-19(23)24)28-16-8-10-29(13-16)20-18(22)7-4-9-26-20/h3-7,9,11,16,19H,2,8,10,12-14H2,1H3,(H2,25,27,28). The number of nitrogens with one attached hydrogen (secondary N) is 2. The molecule has 0 amide bonds. The van der Waals surface area contributed by atoms with E-state index in [1.165, 1.54) is 6.07 Å². The van der Waals surface area contributed by atoms with Crippen LogP contribution in [0.4, 0.5) is 19.0 Å². The highest BCUT2D eigenvalue weighted by Crippen LogP contribution is 2.21. The number of benzene rings is 1. The maximum absolute atomic E-state index is 14.0. The van der Waals surface area contributed by atoms with Crippen molar-refractivity contribution in [1.29, 1.82) is 0 Å². The van der Waals surface area contributed by atoms with Crippen LogP contribution in [0.5, 0.6) is 5.75 Å². The maximum Gasteiger partial charge on any atom is 0.272 e. The van der Waals surface area contributed by atoms with E-state index >= 15 is 0 Å². The molecular weight excluding hydrogens is 395 g/mol. The molecule has 1 atom stereocenters. The van der Waals surface area contributed by atoms with E-state index in [0.717, 1.165) is 12.0 Å². The minimum atomic E-state index is -2.51. The van der Waals surface area contributed by atoms with E-state index in [1.54, 1.807) is 30.5 Å². The van der Waals surface area contributed by atoms with Gasteiger partial charge in [0.25, 0.3) is 6.43 Å². The lowest BCUT2D eigenvalue weighted by Crippen LogP contribution is -2.44. The number of rotatable bonds is 8. The quantitative estimate of drug-likeness (QED) is 0.506. The van der Waals surface area contributed by atoms with Crippen molar-refractivity contribution in [2.45, 2.75) is 32.4 Å². The lowest BCUT2D eigenvalue weighted by Gasteiger charge is -2.20. The third-order valence-corrected chi connectivity index (χ3v) is 4.61. The fourth-order valence-corrected chi connectivity index (χ4v) is 3.26. The Morgan fingerprint density at radius 3 is 2.97 bits per heavy atom. The van der Waals surface area contributed by atoms with E-state index in [0.29, 0.717) is 43.7 Å². The first-order valence-electron chi connectivity index (χ1n) is 9.95. The lowest BCUT2D eigenvalue weighted by atomic mass is 10.2. The zero-order valence-corrected chi connectivity index (χ0v) is 16.8. The number of nitrogens with zero attached hydrogens (tertiary/aromatic N) is 3. The van der Waals surface area contributed by atoms with Crippen molar-refractivity contribution in [2.24, 2.45) is 4.99 Å². The van der Waals surface area contributed by atoms with E-state index in [4.69, 9.17) is 4.74 Å². The summed E-state index contributed by atoms with van der Waals surface area (Å²) in [6.45, 7) is 3.72. The predicted octanol–water partition coefficient (Wildman–Crippen LogP) is 3.20. The highest BCUT2D eigenvalue weighted by Gasteiger charge is 2.25. The van der Waals surface area contributed by atoms with Crippen LogP contribution in [0.1, 0.15) is 18.9 Å². The van der Waals surface area contributed by atoms with Gasteiger partial charge in [-0.1, -0.05) is 12.1 Å². The Morgan fingerprint density at radius 1 is 1.33 bits per heavy atom. The van der Waals surface area contributed by atoms with Gasteiger partial charge in [0.15, 0.2) is 17.6 Å². The van der Waals surface area contributed by atoms with Crippen molar-refractivity contribution in [3.8, 4) is 5.75 Å². The molecule has 1 aromatic heterocycles. The zero-order chi connectivity index (χ0) is 21.3. The molecule has 1 saturated heterocycles. The zero-order valence-electron chi connectivity index (χ0n) is 16.8. The summed E-state index contributed by atoms with van der Waals surface area (Å²) in [5.74, 6) is 1.08. The summed E-state index contributed by atoms with van der Waals surface area (Å²) in [5, 5.41) is 6.58. The summed E-state index contributed by atoms with van der Waals surface area (Å²) in [4.78, 5) is 10.6. The van der Waals surface area contributed by atoms with E-state index in [9.17, 15) is 13.2 Å². The third kappa shape index (κ3) is 6.27. The molecule has 0 spiro atoms. The molecule has 30 heavy (non-hydrogen) atoms. The molecule has 2 aromatic rings. The summed E-state index contributed by atoms with van der Waals surface area (Å²) < 4.78 is 43.7. The molecule has 1 aromatic carbocycles. The van der Waals surface area contributed by atoms with Gasteiger partial charge in [0.1, 0.15) is 12.4 Å². The van der Waals surface area contributed by atoms with E-state index in [2.05, 4.69) is 20.6 Å². The first-order chi connectivity index (χ1) is 14.5. The van der Waals surface area contributed by atoms with Crippen LogP contribution < -0.4 is 20.3 Å². The molecule has 0 aliphatic carbocycles. The van der Waals surface area contributed by atoms with Gasteiger partial charge < -0.3 is 20.3 Å². The highest BCUT2D eigenvalue weighted by atomic mass is 19.3. The molecule has 1 unspecified atom stereocenters. The van der Waals surface area contributed by atoms with Gasteiger partial charge in [0.2, 0.25) is 0 Å². The number of ether oxygens (including phenoxy) is 1. The molecule has 0 saturated carbocycles. The number of halogens is 3. The Morgan fingerprint density at radius 2 is 2.20 bits per heavy atom. The highest BCUT2D eigenvalue weighted by molar-refractivity contribution is 5.80. The summed E-state index contributed by atoms with van der Waals surface area (Å²) in [6.07, 6.45) is -0.0944. The topological polar surface area (TPSA) is 61.8 Å². The monoisotopic (exact) mass is 421 g/mol. The Bertz CT molecular complexity index is 849. The number of aliphatic imine (C=N–C) groups is 1. The Balaban J connectivity index is 1.59. The first-order valence-corrected chi connectivity index (χ1v) is 9.95. The van der Waals surface area contributed by atoms with Gasteiger partial charge in [0, 0.05) is 31.9 Å². The largest absolute Gasteiger partial charge is 0.488 e. The number of aromatic nitrogens is 1. The van der Waals surface area contributed by atoms with Crippen molar-refractivity contribution in [3.05, 3.63) is 54.0 Å². The second kappa shape index (κ2) is 10.7. The van der Waals surface area contributed by atoms with Gasteiger partial charge in [-0.05, 0) is 43.2 Å². The van der Waals surface area contributed by atoms with Crippen LogP contribution in [0.15, 0.2) is 47.6 Å². The fourth-order valence-electron chi connectivity index (χ4n) is 3.26. The van der Waals surface area contributed by atoms with E-state index in [1.807, 2.05) is 17.9 Å². The molecule has 9 heteroatoms. The van der Waals surface area contributed by atoms with E-state index < -0.39 is 13.0 Å². The summed E-state index contributed by atoms with van der Waals surface area (Å²) in [7, 11) is 0. The van der Waals surface area contributed by atoms with Crippen LogP contribution in [0.3, 0.4) is 0 Å². The molecule has 1 aliphatic rings. The van der Waals surface area contributed by atoms with Crippen LogP contribution in [-0.4, -0.2) is 49.7 Å². The van der Waals surface area contributed by atoms with Crippen molar-refractivity contribution in [1.82, 2.24) is 15.6 Å². The van der Waals surface area contributed by atoms with Crippen LogP contribution >= 0.6 is 0 Å². The fraction of sp³-hybridized carbons (Fsp3) is 0.429. The van der Waals surface area contributed by atoms with Crippen molar-refractivity contribution in [3.63, 3.8) is 0 Å². The van der Waals surface area contributed by atoms with Crippen LogP contribution in [-0.2, 0) is 6.54 Å². The minimum absolute atomic E-state index is 0.102. The van der Waals surface area contributed by atoms with Crippen LogP contribution in [0, 0.1) is 5.82 Å². The average molecular weight is 421 g/mol. The molecule has 1 fully saturated rings. The number of anilines is 1. The normalized spacial score (nSPS) is 16.8. The van der Waals surface area contributed by atoms with Gasteiger partial charge in [0.05, 0.1) is 6.54 Å². The SMILES string of the molecule is CCNC(=NCc1cccc(OCC(F)F)c1)NC1CCN(c2ncccc2F)C1. The van der Waals surface area contributed by atoms with Gasteiger partial charge >= 0.3 is 0 Å². The maximum atomic E-state index is 14.0. The van der Waals surface area contributed by atoms with Gasteiger partial charge in [-0.25, -0.2) is 23.1 Å². The second-order valence-corrected chi connectivity index (χ2v) is 6.93. The predicted molar refractivity (Wildman–Crippen MR) is 111 cm³/mol. The van der Waals surface area contributed by atoms with Gasteiger partial charge in [-0.15, -0.1) is 0 Å². The molecule has 2 heterocycles. The number of pyridine rings is 1. The molecule has 0 bridgehead atoms. The lowest BCUT2D eigenvalue weighted by molar-refractivity contribution is 0.0818. The Labute approximate surface area is 174 Å². The van der Waals surface area contributed by atoms with Crippen molar-refractivity contribution >= 4 is 11.8 Å². The molecule has 2 N–H and O–H groups in total. The summed E-state index contributed by atoms with van der Waals surface area (Å²) >= 11 is 0. The smallest absolute Gasteiger partial charge is 0.272 e. The number of alkyl halides is 2. The van der Waals surface area contributed by atoms with Crippen molar-refractivity contribution < 1.29 is 17.9 Å². The first kappa shape index (κ1) is 21.7. The minimum Gasteiger partial charge on any atom is -0.488 e. The number of hydrogen-bond donors (Lipinski definition) is 2. The van der Waals surface area contributed by atoms with E-state index in [-0.39, 0.29) is 11.9 Å². The molecule has 0 radical (unpaired) electrons. The third-order valence-electron chi connectivity index (χ3n) is 4.61. The second-order valence-electron chi connectivity index (χ2n) is 6.93. The van der Waals surface area contributed by atoms with Crippen molar-refractivity contribution in [2.75, 3.05) is 31.1 Å². The molecule has 3 rings (SSSR count). The number of hydrogen-bond acceptors (Lipinski definition) is 4. The van der Waals surface area contributed by atoms with Gasteiger partial charge in [-0.2, -0.15) is 0 Å². The van der Waals surface area contributed by atoms with Gasteiger partial charge in [-0.3, -0.25) is 0 Å². The van der Waals surface area contributed by atoms with Crippen LogP contribution in [0.25, 0.3) is 0 Å². The average Bonchev–Trinajstić information content (AvgIpc) is 3.19. The summed E-state index contributed by atoms with van der Waals surface area (Å²) in [5.41, 5.74) is 0.850. The van der Waals surface area contributed by atoms with Crippen LogP contribution in [0.2, 0.25) is 0 Å². The Kier molecular flexibility index (Phi) is 7.75. The Hall–Kier alpha value is -2.97. The molecular formula is C21H26F3N5O. The molecule has 162 valence electrons. The molecule has 6 nitrogen and oxygen atoms in total. The molecule has 1 aliphatic heterocycles. The summed E-state index contributed by atoms with van der Waals surface area (Å²) in [6, 6.07) is 10.1.